The molecule has 0 N–H and O–H groups in total. The van der Waals surface area contributed by atoms with E-state index in [4.69, 9.17) is 0 Å². The van der Waals surface area contributed by atoms with Gasteiger partial charge in [-0.15, -0.1) is 9.24 Å². The lowest BCUT2D eigenvalue weighted by molar-refractivity contribution is 1.16. The van der Waals surface area contributed by atoms with Crippen LogP contribution in [0.5, 0.6) is 0 Å². The molecule has 0 spiro atoms. The third-order valence-electron chi connectivity index (χ3n) is 4.03. The zero-order chi connectivity index (χ0) is 16.2. The molecular formula is C20H21N2P. The maximum Gasteiger partial charge on any atom is 0.0722 e. The van der Waals surface area contributed by atoms with Crippen molar-refractivity contribution >= 4 is 37.3 Å². The van der Waals surface area contributed by atoms with Gasteiger partial charge in [0.05, 0.1) is 11.4 Å². The van der Waals surface area contributed by atoms with E-state index in [1.165, 1.54) is 28.1 Å². The van der Waals surface area contributed by atoms with Crippen molar-refractivity contribution in [3.05, 3.63) is 78.9 Å². The van der Waals surface area contributed by atoms with E-state index in [-0.39, 0.29) is 0 Å². The van der Waals surface area contributed by atoms with Crippen LogP contribution in [-0.2, 0) is 0 Å². The maximum absolute atomic E-state index is 2.85. The fourth-order valence-corrected chi connectivity index (χ4v) is 3.21. The Morgan fingerprint density at radius 2 is 1.13 bits per heavy atom. The van der Waals surface area contributed by atoms with Crippen molar-refractivity contribution in [3.63, 3.8) is 0 Å². The molecule has 0 heterocycles. The molecule has 0 aliphatic rings. The van der Waals surface area contributed by atoms with Crippen molar-refractivity contribution < 1.29 is 0 Å². The fourth-order valence-electron chi connectivity index (χ4n) is 2.76. The van der Waals surface area contributed by atoms with Crippen LogP contribution in [0.25, 0.3) is 0 Å². The maximum atomic E-state index is 2.85. The van der Waals surface area contributed by atoms with E-state index in [1.54, 1.807) is 0 Å². The van der Waals surface area contributed by atoms with Gasteiger partial charge in [-0.25, -0.2) is 0 Å². The average molecular weight is 320 g/mol. The van der Waals surface area contributed by atoms with E-state index in [9.17, 15) is 0 Å². The summed E-state index contributed by atoms with van der Waals surface area (Å²) in [5.74, 6) is 0. The Bertz CT molecular complexity index is 772. The van der Waals surface area contributed by atoms with Gasteiger partial charge in [-0.3, -0.25) is 0 Å². The summed E-state index contributed by atoms with van der Waals surface area (Å²) in [7, 11) is 7.07. The first kappa shape index (κ1) is 15.6. The normalized spacial score (nSPS) is 10.4. The molecule has 3 rings (SSSR count). The molecule has 1 atom stereocenters. The highest BCUT2D eigenvalue weighted by atomic mass is 31.0. The molecule has 3 heteroatoms. The van der Waals surface area contributed by atoms with Crippen molar-refractivity contribution in [2.45, 2.75) is 0 Å². The Kier molecular flexibility index (Phi) is 4.64. The van der Waals surface area contributed by atoms with Gasteiger partial charge in [0, 0.05) is 25.5 Å². The molecule has 0 bridgehead atoms. The van der Waals surface area contributed by atoms with Gasteiger partial charge in [0.1, 0.15) is 0 Å². The summed E-state index contributed by atoms with van der Waals surface area (Å²) in [6.45, 7) is 0. The molecule has 0 saturated heterocycles. The van der Waals surface area contributed by atoms with Crippen molar-refractivity contribution in [3.8, 4) is 0 Å². The first-order valence-corrected chi connectivity index (χ1v) is 8.22. The van der Waals surface area contributed by atoms with Crippen LogP contribution >= 0.6 is 9.24 Å². The lowest BCUT2D eigenvalue weighted by Gasteiger charge is -2.29. The van der Waals surface area contributed by atoms with Gasteiger partial charge >= 0.3 is 0 Å². The quantitative estimate of drug-likeness (QED) is 0.642. The smallest absolute Gasteiger partial charge is 0.0722 e. The number of hydrogen-bond acceptors (Lipinski definition) is 2. The van der Waals surface area contributed by atoms with Crippen LogP contribution in [0.2, 0.25) is 0 Å². The third kappa shape index (κ3) is 3.23. The standard InChI is InChI=1S/C20H21N2P/c1-21(16-10-5-3-6-11-16)18-14-9-15-19(23)20(18)22(2)17-12-7-4-8-13-17/h3-15H,23H2,1-2H3. The monoisotopic (exact) mass is 320 g/mol. The summed E-state index contributed by atoms with van der Waals surface area (Å²) in [5.41, 5.74) is 4.71. The van der Waals surface area contributed by atoms with Gasteiger partial charge < -0.3 is 9.80 Å². The zero-order valence-corrected chi connectivity index (χ0v) is 14.6. The van der Waals surface area contributed by atoms with E-state index >= 15 is 0 Å². The Morgan fingerprint density at radius 3 is 1.70 bits per heavy atom. The van der Waals surface area contributed by atoms with E-state index in [2.05, 4.69) is 99.9 Å². The minimum Gasteiger partial charge on any atom is -0.343 e. The Balaban J connectivity index is 2.07. The summed E-state index contributed by atoms with van der Waals surface area (Å²) < 4.78 is 0. The second-order valence-corrected chi connectivity index (χ2v) is 6.13. The highest BCUT2D eigenvalue weighted by Crippen LogP contribution is 2.35. The second-order valence-electron chi connectivity index (χ2n) is 5.50. The van der Waals surface area contributed by atoms with Crippen LogP contribution in [0.1, 0.15) is 0 Å². The average Bonchev–Trinajstić information content (AvgIpc) is 2.62. The number of anilines is 4. The van der Waals surface area contributed by atoms with Gasteiger partial charge in [0.2, 0.25) is 0 Å². The van der Waals surface area contributed by atoms with Gasteiger partial charge in [-0.05, 0) is 35.6 Å². The molecule has 0 radical (unpaired) electrons. The van der Waals surface area contributed by atoms with E-state index < -0.39 is 0 Å². The van der Waals surface area contributed by atoms with E-state index in [1.807, 2.05) is 12.1 Å². The summed E-state index contributed by atoms with van der Waals surface area (Å²) in [6, 6.07) is 27.2. The molecule has 0 saturated carbocycles. The number of nitrogens with zero attached hydrogens (tertiary/aromatic N) is 2. The Morgan fingerprint density at radius 1 is 0.609 bits per heavy atom. The summed E-state index contributed by atoms with van der Waals surface area (Å²) in [5, 5.41) is 1.18. The molecule has 3 aromatic rings. The molecular weight excluding hydrogens is 299 g/mol. The molecule has 1 unspecified atom stereocenters. The molecule has 0 fully saturated rings. The highest BCUT2D eigenvalue weighted by Gasteiger charge is 2.15. The minimum atomic E-state index is 1.17. The van der Waals surface area contributed by atoms with Gasteiger partial charge in [0.25, 0.3) is 0 Å². The minimum absolute atomic E-state index is 1.17. The number of hydrogen-bond donors (Lipinski definition) is 0. The fraction of sp³-hybridized carbons (Fsp3) is 0.100. The lowest BCUT2D eigenvalue weighted by atomic mass is 10.2. The summed E-state index contributed by atoms with van der Waals surface area (Å²) >= 11 is 0. The van der Waals surface area contributed by atoms with Gasteiger partial charge in [-0.1, -0.05) is 48.5 Å². The Hall–Kier alpha value is -2.31. The molecule has 116 valence electrons. The molecule has 0 aliphatic heterocycles. The first-order valence-electron chi connectivity index (χ1n) is 7.64. The van der Waals surface area contributed by atoms with Crippen LogP contribution in [0.15, 0.2) is 78.9 Å². The zero-order valence-electron chi connectivity index (χ0n) is 13.5. The highest BCUT2D eigenvalue weighted by molar-refractivity contribution is 7.28. The molecule has 2 nitrogen and oxygen atoms in total. The van der Waals surface area contributed by atoms with E-state index in [0.717, 1.165) is 0 Å². The van der Waals surface area contributed by atoms with Crippen LogP contribution in [0.3, 0.4) is 0 Å². The van der Waals surface area contributed by atoms with Crippen molar-refractivity contribution in [2.24, 2.45) is 0 Å². The van der Waals surface area contributed by atoms with Crippen molar-refractivity contribution in [2.75, 3.05) is 23.9 Å². The van der Waals surface area contributed by atoms with Crippen LogP contribution in [0.4, 0.5) is 22.7 Å². The number of rotatable bonds is 4. The van der Waals surface area contributed by atoms with Gasteiger partial charge in [0.15, 0.2) is 0 Å². The topological polar surface area (TPSA) is 6.48 Å². The van der Waals surface area contributed by atoms with Crippen LogP contribution < -0.4 is 15.1 Å². The lowest BCUT2D eigenvalue weighted by Crippen LogP contribution is -2.21. The summed E-state index contributed by atoms with van der Waals surface area (Å²) in [6.07, 6.45) is 0. The second kappa shape index (κ2) is 6.85. The van der Waals surface area contributed by atoms with Crippen molar-refractivity contribution in [1.29, 1.82) is 0 Å². The molecule has 0 aromatic heterocycles. The first-order chi connectivity index (χ1) is 11.2. The largest absolute Gasteiger partial charge is 0.343 e. The van der Waals surface area contributed by atoms with Crippen LogP contribution in [-0.4, -0.2) is 14.1 Å². The molecule has 0 amide bonds. The Labute approximate surface area is 140 Å². The van der Waals surface area contributed by atoms with Gasteiger partial charge in [-0.2, -0.15) is 0 Å². The predicted octanol–water partition coefficient (Wildman–Crippen LogP) is 4.72. The van der Waals surface area contributed by atoms with Crippen molar-refractivity contribution in [1.82, 2.24) is 0 Å². The molecule has 3 aromatic carbocycles. The van der Waals surface area contributed by atoms with Crippen LogP contribution in [0, 0.1) is 0 Å². The predicted molar refractivity (Wildman–Crippen MR) is 105 cm³/mol. The SMILES string of the molecule is CN(c1ccccc1)c1cccc(P)c1N(C)c1ccccc1. The molecule has 23 heavy (non-hydrogen) atoms. The molecule has 0 aliphatic carbocycles. The third-order valence-corrected chi connectivity index (χ3v) is 4.50. The summed E-state index contributed by atoms with van der Waals surface area (Å²) in [4.78, 5) is 4.46. The van der Waals surface area contributed by atoms with E-state index in [0.29, 0.717) is 0 Å². The number of para-hydroxylation sites is 3. The number of benzene rings is 3.